The highest BCUT2D eigenvalue weighted by atomic mass is 16.1. The highest BCUT2D eigenvalue weighted by Crippen LogP contribution is 2.19. The molecule has 1 aromatic heterocycles. The number of fused-ring (bicyclic) bond motifs is 1. The van der Waals surface area contributed by atoms with Gasteiger partial charge in [-0.05, 0) is 36.8 Å². The van der Waals surface area contributed by atoms with E-state index in [4.69, 9.17) is 0 Å². The topological polar surface area (TPSA) is 59.8 Å². The van der Waals surface area contributed by atoms with Crippen molar-refractivity contribution < 1.29 is 4.79 Å². The largest absolute Gasteiger partial charge is 0.353 e. The molecule has 0 saturated carbocycles. The van der Waals surface area contributed by atoms with Gasteiger partial charge in [0.2, 0.25) is 5.91 Å². The Bertz CT molecular complexity index is 853. The van der Waals surface area contributed by atoms with Gasteiger partial charge in [-0.25, -0.2) is 9.67 Å². The van der Waals surface area contributed by atoms with E-state index in [1.807, 2.05) is 36.7 Å². The summed E-state index contributed by atoms with van der Waals surface area (Å²) in [5.74, 6) is 1.54. The van der Waals surface area contributed by atoms with E-state index >= 15 is 0 Å². The summed E-state index contributed by atoms with van der Waals surface area (Å²) in [7, 11) is 0. The van der Waals surface area contributed by atoms with Gasteiger partial charge in [-0.3, -0.25) is 4.79 Å². The highest BCUT2D eigenvalue weighted by molar-refractivity contribution is 5.84. The number of nitrogens with zero attached hydrogens (tertiary/aromatic N) is 3. The summed E-state index contributed by atoms with van der Waals surface area (Å²) in [6, 6.07) is 14.5. The number of hydrogen-bond acceptors (Lipinski definition) is 3. The lowest BCUT2D eigenvalue weighted by Gasteiger charge is -2.13. The Morgan fingerprint density at radius 2 is 1.96 bits per heavy atom. The SMILES string of the molecule is CC(=O)N[C@H](C)Cc1nc(C)nn1-c1ccc2ccccc2c1. The number of carbonyl (C=O) groups excluding carboxylic acids is 1. The summed E-state index contributed by atoms with van der Waals surface area (Å²) < 4.78 is 1.86. The molecule has 3 rings (SSSR count). The normalized spacial score (nSPS) is 12.3. The smallest absolute Gasteiger partial charge is 0.217 e. The molecule has 0 spiro atoms. The molecule has 1 atom stereocenters. The Kier molecular flexibility index (Phi) is 4.10. The Morgan fingerprint density at radius 1 is 1.22 bits per heavy atom. The first kappa shape index (κ1) is 15.2. The predicted octanol–water partition coefficient (Wildman–Crippen LogP) is 2.80. The molecule has 0 aliphatic heterocycles. The molecule has 2 aromatic carbocycles. The number of benzene rings is 2. The Labute approximate surface area is 135 Å². The Balaban J connectivity index is 1.96. The molecule has 0 aliphatic rings. The van der Waals surface area contributed by atoms with Crippen LogP contribution in [0.3, 0.4) is 0 Å². The zero-order chi connectivity index (χ0) is 16.4. The summed E-state index contributed by atoms with van der Waals surface area (Å²) in [6.07, 6.45) is 0.632. The number of aromatic nitrogens is 3. The van der Waals surface area contributed by atoms with Crippen LogP contribution in [0, 0.1) is 6.92 Å². The van der Waals surface area contributed by atoms with Crippen LogP contribution in [0.1, 0.15) is 25.5 Å². The van der Waals surface area contributed by atoms with Gasteiger partial charge in [-0.2, -0.15) is 5.10 Å². The molecule has 5 nitrogen and oxygen atoms in total. The fourth-order valence-electron chi connectivity index (χ4n) is 2.78. The van der Waals surface area contributed by atoms with Crippen molar-refractivity contribution in [1.82, 2.24) is 20.1 Å². The maximum absolute atomic E-state index is 11.2. The number of carbonyl (C=O) groups is 1. The summed E-state index contributed by atoms with van der Waals surface area (Å²) in [6.45, 7) is 5.37. The van der Waals surface area contributed by atoms with Crippen LogP contribution in [0.5, 0.6) is 0 Å². The van der Waals surface area contributed by atoms with Crippen molar-refractivity contribution in [2.45, 2.75) is 33.2 Å². The molecule has 3 aromatic rings. The van der Waals surface area contributed by atoms with E-state index in [1.54, 1.807) is 0 Å². The molecule has 5 heteroatoms. The van der Waals surface area contributed by atoms with Gasteiger partial charge in [-0.1, -0.05) is 30.3 Å². The van der Waals surface area contributed by atoms with Crippen molar-refractivity contribution >= 4 is 16.7 Å². The molecular weight excluding hydrogens is 288 g/mol. The van der Waals surface area contributed by atoms with Gasteiger partial charge in [0.05, 0.1) is 5.69 Å². The zero-order valence-electron chi connectivity index (χ0n) is 13.6. The first-order chi connectivity index (χ1) is 11.0. The number of aryl methyl sites for hydroxylation is 1. The molecule has 0 unspecified atom stereocenters. The number of nitrogens with one attached hydrogen (secondary N) is 1. The third-order valence-corrected chi connectivity index (χ3v) is 3.70. The van der Waals surface area contributed by atoms with E-state index in [-0.39, 0.29) is 11.9 Å². The van der Waals surface area contributed by atoms with Gasteiger partial charge in [0, 0.05) is 19.4 Å². The van der Waals surface area contributed by atoms with Gasteiger partial charge in [0.25, 0.3) is 0 Å². The van der Waals surface area contributed by atoms with Gasteiger partial charge >= 0.3 is 0 Å². The molecule has 0 fully saturated rings. The number of amides is 1. The third kappa shape index (κ3) is 3.39. The number of rotatable bonds is 4. The van der Waals surface area contributed by atoms with Crippen molar-refractivity contribution in [2.24, 2.45) is 0 Å². The minimum Gasteiger partial charge on any atom is -0.353 e. The van der Waals surface area contributed by atoms with Crippen LogP contribution in [-0.4, -0.2) is 26.7 Å². The maximum Gasteiger partial charge on any atom is 0.217 e. The third-order valence-electron chi connectivity index (χ3n) is 3.70. The fourth-order valence-corrected chi connectivity index (χ4v) is 2.78. The molecule has 1 amide bonds. The van der Waals surface area contributed by atoms with Crippen molar-refractivity contribution in [3.8, 4) is 5.69 Å². The van der Waals surface area contributed by atoms with E-state index in [0.717, 1.165) is 17.3 Å². The van der Waals surface area contributed by atoms with Crippen LogP contribution < -0.4 is 5.32 Å². The first-order valence-electron chi connectivity index (χ1n) is 7.72. The first-order valence-corrected chi connectivity index (χ1v) is 7.72. The van der Waals surface area contributed by atoms with E-state index < -0.39 is 0 Å². The van der Waals surface area contributed by atoms with Crippen molar-refractivity contribution in [1.29, 1.82) is 0 Å². The quantitative estimate of drug-likeness (QED) is 0.806. The van der Waals surface area contributed by atoms with Crippen molar-refractivity contribution in [2.75, 3.05) is 0 Å². The van der Waals surface area contributed by atoms with E-state index in [0.29, 0.717) is 6.42 Å². The van der Waals surface area contributed by atoms with Crippen LogP contribution in [-0.2, 0) is 11.2 Å². The Hall–Kier alpha value is -2.69. The van der Waals surface area contributed by atoms with Gasteiger partial charge in [0.1, 0.15) is 11.6 Å². The van der Waals surface area contributed by atoms with Crippen molar-refractivity contribution in [3.63, 3.8) is 0 Å². The summed E-state index contributed by atoms with van der Waals surface area (Å²) in [5, 5.41) is 9.76. The van der Waals surface area contributed by atoms with E-state index in [1.165, 1.54) is 17.7 Å². The van der Waals surface area contributed by atoms with Gasteiger partial charge < -0.3 is 5.32 Å². The van der Waals surface area contributed by atoms with E-state index in [2.05, 4.69) is 39.7 Å². The number of hydrogen-bond donors (Lipinski definition) is 1. The zero-order valence-corrected chi connectivity index (χ0v) is 13.6. The lowest BCUT2D eigenvalue weighted by Crippen LogP contribution is -2.32. The molecule has 0 saturated heterocycles. The molecular formula is C18H20N4O. The minimum atomic E-state index is -0.0361. The Morgan fingerprint density at radius 3 is 2.70 bits per heavy atom. The average Bonchev–Trinajstić information content (AvgIpc) is 2.86. The standard InChI is InChI=1S/C18H20N4O/c1-12(19-14(3)23)10-18-20-13(2)21-22(18)17-9-8-15-6-4-5-7-16(15)11-17/h4-9,11-12H,10H2,1-3H3,(H,19,23)/t12-/m1/s1. The lowest BCUT2D eigenvalue weighted by atomic mass is 10.1. The maximum atomic E-state index is 11.2. The summed E-state index contributed by atoms with van der Waals surface area (Å²) in [4.78, 5) is 15.7. The lowest BCUT2D eigenvalue weighted by molar-refractivity contribution is -0.119. The molecule has 1 N–H and O–H groups in total. The minimum absolute atomic E-state index is 0.00954. The van der Waals surface area contributed by atoms with Crippen LogP contribution in [0.4, 0.5) is 0 Å². The van der Waals surface area contributed by atoms with Gasteiger partial charge in [0.15, 0.2) is 0 Å². The summed E-state index contributed by atoms with van der Waals surface area (Å²) >= 11 is 0. The van der Waals surface area contributed by atoms with Crippen LogP contribution in [0.15, 0.2) is 42.5 Å². The predicted molar refractivity (Wildman–Crippen MR) is 90.6 cm³/mol. The van der Waals surface area contributed by atoms with Crippen molar-refractivity contribution in [3.05, 3.63) is 54.1 Å². The summed E-state index contributed by atoms with van der Waals surface area (Å²) in [5.41, 5.74) is 0.981. The molecule has 0 aliphatic carbocycles. The second kappa shape index (κ2) is 6.20. The molecule has 23 heavy (non-hydrogen) atoms. The average molecular weight is 308 g/mol. The molecule has 118 valence electrons. The van der Waals surface area contributed by atoms with E-state index in [9.17, 15) is 4.79 Å². The molecule has 0 bridgehead atoms. The second-order valence-corrected chi connectivity index (χ2v) is 5.82. The second-order valence-electron chi connectivity index (χ2n) is 5.82. The monoisotopic (exact) mass is 308 g/mol. The van der Waals surface area contributed by atoms with Crippen LogP contribution in [0.2, 0.25) is 0 Å². The van der Waals surface area contributed by atoms with Crippen LogP contribution >= 0.6 is 0 Å². The molecule has 1 heterocycles. The van der Waals surface area contributed by atoms with Crippen LogP contribution in [0.25, 0.3) is 16.5 Å². The fraction of sp³-hybridized carbons (Fsp3) is 0.278. The van der Waals surface area contributed by atoms with Gasteiger partial charge in [-0.15, -0.1) is 0 Å². The highest BCUT2D eigenvalue weighted by Gasteiger charge is 2.14. The molecule has 0 radical (unpaired) electrons.